The van der Waals surface area contributed by atoms with Crippen LogP contribution in [0.5, 0.6) is 0 Å². The average molecular weight is 368 g/mol. The molecule has 2 saturated heterocycles. The van der Waals surface area contributed by atoms with Gasteiger partial charge in [-0.1, -0.05) is 6.07 Å². The minimum absolute atomic E-state index is 0.0653. The molecule has 0 radical (unpaired) electrons. The summed E-state index contributed by atoms with van der Waals surface area (Å²) in [6.07, 6.45) is 3.27. The van der Waals surface area contributed by atoms with Crippen LogP contribution >= 0.6 is 23.1 Å². The third-order valence-electron chi connectivity index (χ3n) is 4.58. The lowest BCUT2D eigenvalue weighted by molar-refractivity contribution is -0.131. The summed E-state index contributed by atoms with van der Waals surface area (Å²) in [5, 5.41) is 8.42. The number of nitrogens with zero attached hydrogens (tertiary/aromatic N) is 1. The summed E-state index contributed by atoms with van der Waals surface area (Å²) in [6.45, 7) is 2.35. The highest BCUT2D eigenvalue weighted by molar-refractivity contribution is 7.99. The molecule has 2 atom stereocenters. The number of aryl methyl sites for hydroxylation is 1. The second-order valence-electron chi connectivity index (χ2n) is 6.44. The Morgan fingerprint density at radius 1 is 1.42 bits per heavy atom. The van der Waals surface area contributed by atoms with Crippen molar-refractivity contribution in [2.45, 2.75) is 31.7 Å². The van der Waals surface area contributed by atoms with Gasteiger partial charge in [0.1, 0.15) is 0 Å². The van der Waals surface area contributed by atoms with Gasteiger partial charge < -0.3 is 15.5 Å². The van der Waals surface area contributed by atoms with E-state index >= 15 is 0 Å². The van der Waals surface area contributed by atoms with Gasteiger partial charge in [0.25, 0.3) is 0 Å². The third-order valence-corrected chi connectivity index (χ3v) is 6.48. The average Bonchev–Trinajstić information content (AvgIpc) is 3.33. The van der Waals surface area contributed by atoms with Crippen LogP contribution in [0.1, 0.15) is 24.1 Å². The maximum atomic E-state index is 12.3. The van der Waals surface area contributed by atoms with Crippen molar-refractivity contribution < 1.29 is 9.59 Å². The lowest BCUT2D eigenvalue weighted by Crippen LogP contribution is -2.42. The molecular weight excluding hydrogens is 342 g/mol. The van der Waals surface area contributed by atoms with Crippen LogP contribution in [0.2, 0.25) is 0 Å². The van der Waals surface area contributed by atoms with Gasteiger partial charge in [0.2, 0.25) is 11.8 Å². The molecule has 2 aliphatic heterocycles. The minimum Gasteiger partial charge on any atom is -0.356 e. The van der Waals surface area contributed by atoms with Gasteiger partial charge in [0.15, 0.2) is 0 Å². The standard InChI is InChI=1S/C17H25N3O2S2/c21-16(5-1-3-14-4-2-7-24-14)19-11-13-9-15(18-10-13)17(22)20-6-8-23-12-20/h2,4,7,13,15,18H,1,3,5-6,8-12H2,(H,19,21). The summed E-state index contributed by atoms with van der Waals surface area (Å²) in [5.74, 6) is 2.57. The van der Waals surface area contributed by atoms with Crippen LogP contribution in [0.3, 0.4) is 0 Å². The number of carbonyl (C=O) groups excluding carboxylic acids is 2. The molecule has 5 nitrogen and oxygen atoms in total. The van der Waals surface area contributed by atoms with E-state index in [0.29, 0.717) is 18.9 Å². The molecule has 2 fully saturated rings. The topological polar surface area (TPSA) is 61.4 Å². The molecule has 0 aliphatic carbocycles. The van der Waals surface area contributed by atoms with E-state index in [9.17, 15) is 9.59 Å². The first-order valence-corrected chi connectivity index (χ1v) is 10.6. The van der Waals surface area contributed by atoms with Crippen molar-refractivity contribution in [2.75, 3.05) is 31.3 Å². The first kappa shape index (κ1) is 17.8. The number of thioether (sulfide) groups is 1. The predicted molar refractivity (Wildman–Crippen MR) is 99.2 cm³/mol. The van der Waals surface area contributed by atoms with Crippen LogP contribution in [0.15, 0.2) is 17.5 Å². The number of carbonyl (C=O) groups is 2. The van der Waals surface area contributed by atoms with Gasteiger partial charge in [-0.3, -0.25) is 9.59 Å². The zero-order valence-electron chi connectivity index (χ0n) is 13.8. The summed E-state index contributed by atoms with van der Waals surface area (Å²) in [6, 6.07) is 4.10. The molecule has 0 saturated carbocycles. The fraction of sp³-hybridized carbons (Fsp3) is 0.647. The van der Waals surface area contributed by atoms with Gasteiger partial charge >= 0.3 is 0 Å². The van der Waals surface area contributed by atoms with E-state index in [-0.39, 0.29) is 17.9 Å². The maximum absolute atomic E-state index is 12.3. The Hall–Kier alpha value is -1.05. The lowest BCUT2D eigenvalue weighted by atomic mass is 10.0. The molecule has 3 rings (SSSR count). The van der Waals surface area contributed by atoms with Crippen molar-refractivity contribution in [1.29, 1.82) is 0 Å². The summed E-state index contributed by atoms with van der Waals surface area (Å²) in [5.41, 5.74) is 0. The summed E-state index contributed by atoms with van der Waals surface area (Å²) >= 11 is 3.56. The number of amides is 2. The maximum Gasteiger partial charge on any atom is 0.240 e. The second kappa shape index (κ2) is 8.87. The zero-order valence-corrected chi connectivity index (χ0v) is 15.5. The molecule has 132 valence electrons. The Balaban J connectivity index is 1.30. The number of hydrogen-bond acceptors (Lipinski definition) is 5. The second-order valence-corrected chi connectivity index (χ2v) is 8.55. The van der Waals surface area contributed by atoms with E-state index in [4.69, 9.17) is 0 Å². The van der Waals surface area contributed by atoms with Crippen molar-refractivity contribution >= 4 is 34.9 Å². The minimum atomic E-state index is -0.0653. The fourth-order valence-electron chi connectivity index (χ4n) is 3.19. The highest BCUT2D eigenvalue weighted by Gasteiger charge is 2.33. The van der Waals surface area contributed by atoms with Crippen molar-refractivity contribution in [3.63, 3.8) is 0 Å². The Morgan fingerprint density at radius 2 is 2.33 bits per heavy atom. The molecule has 0 aromatic carbocycles. The Bertz CT molecular complexity index is 544. The van der Waals surface area contributed by atoms with Gasteiger partial charge in [-0.15, -0.1) is 23.1 Å². The number of thiophene rings is 1. The van der Waals surface area contributed by atoms with E-state index in [1.54, 1.807) is 11.3 Å². The molecule has 3 heterocycles. The van der Waals surface area contributed by atoms with Gasteiger partial charge in [0.05, 0.1) is 11.9 Å². The van der Waals surface area contributed by atoms with Gasteiger partial charge in [-0.25, -0.2) is 0 Å². The smallest absolute Gasteiger partial charge is 0.240 e. The van der Waals surface area contributed by atoms with Crippen LogP contribution in [0, 0.1) is 5.92 Å². The Labute approximate surface area is 151 Å². The summed E-state index contributed by atoms with van der Waals surface area (Å²) in [4.78, 5) is 27.6. The largest absolute Gasteiger partial charge is 0.356 e. The first-order chi connectivity index (χ1) is 11.7. The molecule has 2 N–H and O–H groups in total. The van der Waals surface area contributed by atoms with Gasteiger partial charge in [-0.2, -0.15) is 0 Å². The van der Waals surface area contributed by atoms with E-state index in [1.807, 2.05) is 22.7 Å². The molecule has 2 unspecified atom stereocenters. The number of rotatable bonds is 7. The normalized spacial score (nSPS) is 23.6. The number of nitrogens with one attached hydrogen (secondary N) is 2. The van der Waals surface area contributed by atoms with Gasteiger partial charge in [-0.05, 0) is 36.6 Å². The SMILES string of the molecule is O=C(CCCc1cccs1)NCC1CNC(C(=O)N2CCSC2)C1. The molecular formula is C17H25N3O2S2. The quantitative estimate of drug-likeness (QED) is 0.770. The van der Waals surface area contributed by atoms with E-state index < -0.39 is 0 Å². The summed E-state index contributed by atoms with van der Waals surface area (Å²) < 4.78 is 0. The van der Waals surface area contributed by atoms with Crippen LogP contribution in [0.25, 0.3) is 0 Å². The van der Waals surface area contributed by atoms with Crippen LogP contribution in [-0.4, -0.2) is 54.0 Å². The van der Waals surface area contributed by atoms with Gasteiger partial charge in [0, 0.05) is 36.7 Å². The van der Waals surface area contributed by atoms with E-state index in [2.05, 4.69) is 22.1 Å². The Kier molecular flexibility index (Phi) is 6.57. The highest BCUT2D eigenvalue weighted by atomic mass is 32.2. The van der Waals surface area contributed by atoms with Crippen LogP contribution in [0.4, 0.5) is 0 Å². The zero-order chi connectivity index (χ0) is 16.8. The highest BCUT2D eigenvalue weighted by Crippen LogP contribution is 2.20. The first-order valence-electron chi connectivity index (χ1n) is 8.61. The summed E-state index contributed by atoms with van der Waals surface area (Å²) in [7, 11) is 0. The van der Waals surface area contributed by atoms with Crippen LogP contribution in [-0.2, 0) is 16.0 Å². The Morgan fingerprint density at radius 3 is 3.08 bits per heavy atom. The molecule has 7 heteroatoms. The molecule has 1 aromatic heterocycles. The molecule has 2 aliphatic rings. The molecule has 24 heavy (non-hydrogen) atoms. The monoisotopic (exact) mass is 367 g/mol. The van der Waals surface area contributed by atoms with Crippen molar-refractivity contribution in [3.8, 4) is 0 Å². The van der Waals surface area contributed by atoms with Crippen molar-refractivity contribution in [1.82, 2.24) is 15.5 Å². The lowest BCUT2D eigenvalue weighted by Gasteiger charge is -2.19. The fourth-order valence-corrected chi connectivity index (χ4v) is 4.89. The third kappa shape index (κ3) is 4.97. The molecule has 0 bridgehead atoms. The molecule has 0 spiro atoms. The molecule has 1 aromatic rings. The van der Waals surface area contributed by atoms with Crippen LogP contribution < -0.4 is 10.6 Å². The number of hydrogen-bond donors (Lipinski definition) is 2. The van der Waals surface area contributed by atoms with E-state index in [1.165, 1.54) is 4.88 Å². The van der Waals surface area contributed by atoms with E-state index in [0.717, 1.165) is 44.0 Å². The van der Waals surface area contributed by atoms with Crippen molar-refractivity contribution in [2.24, 2.45) is 5.92 Å². The van der Waals surface area contributed by atoms with Crippen molar-refractivity contribution in [3.05, 3.63) is 22.4 Å². The predicted octanol–water partition coefficient (Wildman–Crippen LogP) is 1.70. The molecule has 2 amide bonds.